The Bertz CT molecular complexity index is 339. The Hall–Kier alpha value is -0.870. The van der Waals surface area contributed by atoms with Gasteiger partial charge in [0, 0.05) is 5.56 Å². The van der Waals surface area contributed by atoms with Gasteiger partial charge >= 0.3 is 0 Å². The Morgan fingerprint density at radius 1 is 1.47 bits per heavy atom. The predicted octanol–water partition coefficient (Wildman–Crippen LogP) is 0.785. The maximum atomic E-state index is 10.5. The maximum absolute atomic E-state index is 10.5. The fraction of sp³-hybridized carbons (Fsp3) is 0.364. The quantitative estimate of drug-likeness (QED) is 0.804. The molecule has 0 spiro atoms. The molecule has 0 radical (unpaired) electrons. The summed E-state index contributed by atoms with van der Waals surface area (Å²) in [6.07, 6.45) is 0.818. The van der Waals surface area contributed by atoms with Crippen LogP contribution in [-0.2, 0) is 0 Å². The number of carbonyl (C=O) groups excluding carboxylic acids is 1. The van der Waals surface area contributed by atoms with Gasteiger partial charge < -0.3 is 9.64 Å². The molecule has 0 aliphatic heterocycles. The van der Waals surface area contributed by atoms with E-state index in [0.717, 1.165) is 23.1 Å². The van der Waals surface area contributed by atoms with E-state index in [1.807, 2.05) is 0 Å². The van der Waals surface area contributed by atoms with Gasteiger partial charge in [0.2, 0.25) is 0 Å². The average Bonchev–Trinajstić information content (AvgIpc) is 2.20. The second kappa shape index (κ2) is 5.88. The van der Waals surface area contributed by atoms with Crippen molar-refractivity contribution in [2.24, 2.45) is 0 Å². The molecule has 1 N–H and O–H groups in total. The number of nitrogens with one attached hydrogen (secondary N) is 1. The number of hydrogen-bond acceptors (Lipinski definition) is 2. The minimum absolute atomic E-state index is 0.646. The minimum Gasteiger partial charge on any atom is -0.487 e. The Morgan fingerprint density at radius 3 is 2.73 bits per heavy atom. The van der Waals surface area contributed by atoms with Crippen LogP contribution in [0.1, 0.15) is 10.4 Å². The molecule has 0 saturated heterocycles. The summed E-state index contributed by atoms with van der Waals surface area (Å²) in [4.78, 5) is 11.9. The van der Waals surface area contributed by atoms with Crippen molar-refractivity contribution in [2.45, 2.75) is 0 Å². The largest absolute Gasteiger partial charge is 0.487 e. The molecule has 1 aromatic rings. The van der Waals surface area contributed by atoms with Crippen LogP contribution in [0.4, 0.5) is 0 Å². The molecule has 0 saturated carbocycles. The summed E-state index contributed by atoms with van der Waals surface area (Å²) < 4.78 is 6.38. The van der Waals surface area contributed by atoms with Crippen LogP contribution in [0, 0.1) is 0 Å². The molecular weight excluding hydrogens is 258 g/mol. The molecule has 0 aliphatic rings. The Morgan fingerprint density at radius 2 is 2.20 bits per heavy atom. The third-order valence-corrected chi connectivity index (χ3v) is 2.57. The number of quaternary nitrogens is 1. The van der Waals surface area contributed by atoms with Crippen molar-refractivity contribution in [3.05, 3.63) is 28.2 Å². The lowest BCUT2D eigenvalue weighted by atomic mass is 10.2. The zero-order chi connectivity index (χ0) is 11.3. The fourth-order valence-corrected chi connectivity index (χ4v) is 1.58. The number of ether oxygens (including phenoxy) is 1. The molecule has 0 atom stereocenters. The zero-order valence-electron chi connectivity index (χ0n) is 8.92. The van der Waals surface area contributed by atoms with Crippen molar-refractivity contribution in [2.75, 3.05) is 27.2 Å². The van der Waals surface area contributed by atoms with Gasteiger partial charge in [0.15, 0.2) is 0 Å². The van der Waals surface area contributed by atoms with Crippen LogP contribution in [0.15, 0.2) is 22.7 Å². The highest BCUT2D eigenvalue weighted by atomic mass is 79.9. The fourth-order valence-electron chi connectivity index (χ4n) is 1.07. The molecule has 0 aromatic heterocycles. The van der Waals surface area contributed by atoms with E-state index in [1.54, 1.807) is 18.2 Å². The lowest BCUT2D eigenvalue weighted by molar-refractivity contribution is -0.858. The van der Waals surface area contributed by atoms with Gasteiger partial charge in [-0.25, -0.2) is 0 Å². The zero-order valence-corrected chi connectivity index (χ0v) is 10.5. The molecule has 1 aromatic carbocycles. The van der Waals surface area contributed by atoms with Gasteiger partial charge in [-0.1, -0.05) is 0 Å². The smallest absolute Gasteiger partial charge is 0.150 e. The first-order chi connectivity index (χ1) is 7.13. The molecule has 0 heterocycles. The average molecular weight is 273 g/mol. The van der Waals surface area contributed by atoms with E-state index in [4.69, 9.17) is 4.74 Å². The van der Waals surface area contributed by atoms with E-state index >= 15 is 0 Å². The third-order valence-electron chi connectivity index (χ3n) is 1.95. The number of benzene rings is 1. The van der Waals surface area contributed by atoms with Crippen molar-refractivity contribution < 1.29 is 14.4 Å². The summed E-state index contributed by atoms with van der Waals surface area (Å²) >= 11 is 3.36. The molecule has 0 fully saturated rings. The molecule has 15 heavy (non-hydrogen) atoms. The molecule has 82 valence electrons. The molecule has 3 nitrogen and oxygen atoms in total. The first-order valence-corrected chi connectivity index (χ1v) is 5.59. The van der Waals surface area contributed by atoms with Crippen molar-refractivity contribution in [3.63, 3.8) is 0 Å². The first-order valence-electron chi connectivity index (χ1n) is 4.80. The van der Waals surface area contributed by atoms with E-state index in [9.17, 15) is 4.79 Å². The van der Waals surface area contributed by atoms with E-state index in [1.165, 1.54) is 4.90 Å². The van der Waals surface area contributed by atoms with Crippen LogP contribution in [0.25, 0.3) is 0 Å². The summed E-state index contributed by atoms with van der Waals surface area (Å²) in [5.74, 6) is 0.779. The van der Waals surface area contributed by atoms with Crippen LogP contribution < -0.4 is 9.64 Å². The van der Waals surface area contributed by atoms with Gasteiger partial charge in [-0.15, -0.1) is 0 Å². The highest BCUT2D eigenvalue weighted by molar-refractivity contribution is 9.10. The van der Waals surface area contributed by atoms with Gasteiger partial charge in [0.25, 0.3) is 0 Å². The highest BCUT2D eigenvalue weighted by Crippen LogP contribution is 2.25. The van der Waals surface area contributed by atoms with Gasteiger partial charge in [0.05, 0.1) is 18.6 Å². The number of hydrogen-bond donors (Lipinski definition) is 1. The first kappa shape index (κ1) is 12.2. The molecule has 0 amide bonds. The van der Waals surface area contributed by atoms with Crippen molar-refractivity contribution in [1.29, 1.82) is 0 Å². The van der Waals surface area contributed by atoms with Gasteiger partial charge in [0.1, 0.15) is 25.2 Å². The van der Waals surface area contributed by atoms with Crippen LogP contribution in [0.3, 0.4) is 0 Å². The summed E-state index contributed by atoms with van der Waals surface area (Å²) in [5, 5.41) is 0. The van der Waals surface area contributed by atoms with Crippen LogP contribution in [0.5, 0.6) is 5.75 Å². The number of carbonyl (C=O) groups is 1. The lowest BCUT2D eigenvalue weighted by Crippen LogP contribution is -3.06. The van der Waals surface area contributed by atoms with E-state index in [0.29, 0.717) is 12.2 Å². The van der Waals surface area contributed by atoms with Crippen molar-refractivity contribution in [3.8, 4) is 5.75 Å². The van der Waals surface area contributed by atoms with Gasteiger partial charge in [-0.3, -0.25) is 4.79 Å². The summed E-state index contributed by atoms with van der Waals surface area (Å²) in [7, 11) is 4.15. The normalized spacial score (nSPS) is 10.4. The Kier molecular flexibility index (Phi) is 4.78. The van der Waals surface area contributed by atoms with E-state index < -0.39 is 0 Å². The van der Waals surface area contributed by atoms with Crippen LogP contribution in [0.2, 0.25) is 0 Å². The molecular formula is C11H15BrNO2+. The lowest BCUT2D eigenvalue weighted by Gasteiger charge is -2.10. The Balaban J connectivity index is 2.58. The van der Waals surface area contributed by atoms with Crippen LogP contribution >= 0.6 is 15.9 Å². The molecule has 0 aliphatic carbocycles. The predicted molar refractivity (Wildman–Crippen MR) is 62.7 cm³/mol. The number of aldehydes is 1. The number of likely N-dealkylation sites (N-methyl/N-ethyl adjacent to an activating group) is 1. The summed E-state index contributed by atoms with van der Waals surface area (Å²) in [6, 6.07) is 5.30. The summed E-state index contributed by atoms with van der Waals surface area (Å²) in [5.41, 5.74) is 0.646. The monoisotopic (exact) mass is 272 g/mol. The Labute approximate surface area is 98.2 Å². The third kappa shape index (κ3) is 4.01. The molecule has 1 rings (SSSR count). The maximum Gasteiger partial charge on any atom is 0.150 e. The minimum atomic E-state index is 0.646. The second-order valence-corrected chi connectivity index (χ2v) is 4.47. The number of rotatable bonds is 5. The van der Waals surface area contributed by atoms with Crippen molar-refractivity contribution in [1.82, 2.24) is 0 Å². The molecule has 0 bridgehead atoms. The van der Waals surface area contributed by atoms with Gasteiger partial charge in [-0.2, -0.15) is 0 Å². The molecule has 0 unspecified atom stereocenters. The SMILES string of the molecule is C[NH+](C)CCOc1ccc(C=O)cc1Br. The molecule has 4 heteroatoms. The van der Waals surface area contributed by atoms with Crippen molar-refractivity contribution >= 4 is 22.2 Å². The topological polar surface area (TPSA) is 30.7 Å². The highest BCUT2D eigenvalue weighted by Gasteiger charge is 2.03. The second-order valence-electron chi connectivity index (χ2n) is 3.61. The number of halogens is 1. The van der Waals surface area contributed by atoms with Gasteiger partial charge in [-0.05, 0) is 34.1 Å². The van der Waals surface area contributed by atoms with E-state index in [2.05, 4.69) is 30.0 Å². The summed E-state index contributed by atoms with van der Waals surface area (Å²) in [6.45, 7) is 1.61. The van der Waals surface area contributed by atoms with E-state index in [-0.39, 0.29) is 0 Å². The standard InChI is InChI=1S/C11H14BrNO2/c1-13(2)5-6-15-11-4-3-9(8-14)7-10(11)12/h3-4,7-8H,5-6H2,1-2H3/p+1. The van der Waals surface area contributed by atoms with Crippen LogP contribution in [-0.4, -0.2) is 33.5 Å².